The molecule has 1 fully saturated rings. The van der Waals surface area contributed by atoms with Gasteiger partial charge in [-0.1, -0.05) is 38.3 Å². The molecule has 5 atom stereocenters. The fourth-order valence-electron chi connectivity index (χ4n) is 5.52. The van der Waals surface area contributed by atoms with E-state index in [4.69, 9.17) is 19.3 Å². The average Bonchev–Trinajstić information content (AvgIpc) is 3.10. The number of rotatable bonds is 11. The summed E-state index contributed by atoms with van der Waals surface area (Å²) in [7, 11) is 1.32. The molecular formula is C25H36O7. The summed E-state index contributed by atoms with van der Waals surface area (Å²) >= 11 is 0. The minimum atomic E-state index is -0.999. The van der Waals surface area contributed by atoms with E-state index in [1.807, 2.05) is 12.1 Å². The number of aliphatic hydroxyl groups is 1. The predicted molar refractivity (Wildman–Crippen MR) is 119 cm³/mol. The smallest absolute Gasteiger partial charge is 0.482 e. The highest BCUT2D eigenvalue weighted by molar-refractivity contribution is 5.68. The number of carbonyl (C=O) groups is 2. The lowest BCUT2D eigenvalue weighted by molar-refractivity contribution is -0.139. The molecule has 4 unspecified atom stereocenters. The van der Waals surface area contributed by atoms with Crippen molar-refractivity contribution in [1.82, 2.24) is 0 Å². The quantitative estimate of drug-likeness (QED) is 0.383. The van der Waals surface area contributed by atoms with Gasteiger partial charge in [-0.2, -0.15) is 0 Å². The first-order valence-electron chi connectivity index (χ1n) is 11.8. The predicted octanol–water partition coefficient (Wildman–Crippen LogP) is 4.37. The van der Waals surface area contributed by atoms with E-state index in [0.717, 1.165) is 56.9 Å². The lowest BCUT2D eigenvalue weighted by atomic mass is 9.73. The number of carboxylic acid groups (broad SMARTS) is 1. The zero-order chi connectivity index (χ0) is 23.1. The lowest BCUT2D eigenvalue weighted by Crippen LogP contribution is -2.29. The maximum atomic E-state index is 11.9. The van der Waals surface area contributed by atoms with E-state index in [2.05, 4.69) is 13.0 Å². The second-order valence-electron chi connectivity index (χ2n) is 9.15. The zero-order valence-corrected chi connectivity index (χ0v) is 19.1. The number of unbranched alkanes of at least 4 members (excludes halogenated alkanes) is 2. The summed E-state index contributed by atoms with van der Waals surface area (Å²) in [5.74, 6) is 0.449. The van der Waals surface area contributed by atoms with Crippen LogP contribution in [-0.2, 0) is 27.1 Å². The van der Waals surface area contributed by atoms with Crippen LogP contribution in [0.5, 0.6) is 5.75 Å². The fourth-order valence-corrected chi connectivity index (χ4v) is 5.52. The Balaban J connectivity index is 1.72. The van der Waals surface area contributed by atoms with Gasteiger partial charge in [0.15, 0.2) is 6.61 Å². The van der Waals surface area contributed by atoms with Crippen molar-refractivity contribution in [3.05, 3.63) is 29.3 Å². The molecule has 3 rings (SSSR count). The van der Waals surface area contributed by atoms with E-state index >= 15 is 0 Å². The topological polar surface area (TPSA) is 102 Å². The molecule has 2 aliphatic rings. The lowest BCUT2D eigenvalue weighted by Gasteiger charge is -2.32. The van der Waals surface area contributed by atoms with Crippen LogP contribution < -0.4 is 4.74 Å². The largest absolute Gasteiger partial charge is 0.508 e. The number of methoxy groups -OCH3 is 1. The molecule has 0 bridgehead atoms. The van der Waals surface area contributed by atoms with Crippen molar-refractivity contribution in [2.75, 3.05) is 13.7 Å². The van der Waals surface area contributed by atoms with Crippen LogP contribution in [0.1, 0.15) is 63.0 Å². The van der Waals surface area contributed by atoms with Crippen molar-refractivity contribution in [1.29, 1.82) is 0 Å². The van der Waals surface area contributed by atoms with E-state index in [9.17, 15) is 14.7 Å². The van der Waals surface area contributed by atoms with Gasteiger partial charge in [0.2, 0.25) is 0 Å². The summed E-state index contributed by atoms with van der Waals surface area (Å²) in [4.78, 5) is 22.8. The minimum Gasteiger partial charge on any atom is -0.482 e. The molecule has 32 heavy (non-hydrogen) atoms. The molecule has 0 amide bonds. The molecule has 0 aliphatic heterocycles. The van der Waals surface area contributed by atoms with Gasteiger partial charge in [-0.15, -0.1) is 0 Å². The molecule has 178 valence electrons. The summed E-state index contributed by atoms with van der Waals surface area (Å²) in [6, 6.07) is 5.80. The summed E-state index contributed by atoms with van der Waals surface area (Å²) in [5.41, 5.74) is 2.23. The normalized spacial score (nSPS) is 24.8. The molecule has 0 radical (unpaired) electrons. The SMILES string of the molecule is CCCCCC(O)CCC1C2Cc3cccc(OCC(=O)O)c3CC2C[C@H]1OC(=O)OC. The van der Waals surface area contributed by atoms with Gasteiger partial charge >= 0.3 is 12.1 Å². The first-order valence-corrected chi connectivity index (χ1v) is 11.8. The third-order valence-electron chi connectivity index (χ3n) is 7.06. The van der Waals surface area contributed by atoms with Crippen molar-refractivity contribution < 1.29 is 34.0 Å². The van der Waals surface area contributed by atoms with Crippen LogP contribution in [0.2, 0.25) is 0 Å². The maximum absolute atomic E-state index is 11.9. The van der Waals surface area contributed by atoms with E-state index in [-0.39, 0.29) is 24.7 Å². The minimum absolute atomic E-state index is 0.164. The summed E-state index contributed by atoms with van der Waals surface area (Å²) in [5, 5.41) is 19.4. The van der Waals surface area contributed by atoms with Gasteiger partial charge in [-0.25, -0.2) is 9.59 Å². The Kier molecular flexibility index (Phi) is 8.79. The molecule has 0 aromatic heterocycles. The molecule has 0 spiro atoms. The number of hydrogen-bond donors (Lipinski definition) is 2. The molecule has 0 saturated heterocycles. The second-order valence-corrected chi connectivity index (χ2v) is 9.15. The second kappa shape index (κ2) is 11.5. The van der Waals surface area contributed by atoms with Gasteiger partial charge in [-0.05, 0) is 73.5 Å². The van der Waals surface area contributed by atoms with Crippen LogP contribution in [-0.4, -0.2) is 48.3 Å². The number of aliphatic hydroxyl groups excluding tert-OH is 1. The number of fused-ring (bicyclic) bond motifs is 2. The number of hydrogen-bond acceptors (Lipinski definition) is 6. The molecule has 1 aromatic rings. The van der Waals surface area contributed by atoms with Crippen molar-refractivity contribution in [3.8, 4) is 5.75 Å². The molecule has 0 heterocycles. The van der Waals surface area contributed by atoms with Crippen LogP contribution in [0.3, 0.4) is 0 Å². The number of carbonyl (C=O) groups excluding carboxylic acids is 1. The third-order valence-corrected chi connectivity index (χ3v) is 7.06. The van der Waals surface area contributed by atoms with E-state index in [1.54, 1.807) is 0 Å². The number of carboxylic acids is 1. The van der Waals surface area contributed by atoms with Crippen LogP contribution in [0.15, 0.2) is 18.2 Å². The molecule has 1 aromatic carbocycles. The van der Waals surface area contributed by atoms with E-state index in [1.165, 1.54) is 12.7 Å². The third kappa shape index (κ3) is 6.15. The Labute approximate surface area is 190 Å². The zero-order valence-electron chi connectivity index (χ0n) is 19.1. The van der Waals surface area contributed by atoms with Crippen LogP contribution in [0.4, 0.5) is 4.79 Å². The molecular weight excluding hydrogens is 412 g/mol. The van der Waals surface area contributed by atoms with Crippen LogP contribution in [0.25, 0.3) is 0 Å². The highest BCUT2D eigenvalue weighted by Crippen LogP contribution is 2.49. The Bertz CT molecular complexity index is 778. The molecule has 7 heteroatoms. The number of ether oxygens (including phenoxy) is 3. The van der Waals surface area contributed by atoms with Crippen molar-refractivity contribution >= 4 is 12.1 Å². The van der Waals surface area contributed by atoms with E-state index < -0.39 is 12.1 Å². The van der Waals surface area contributed by atoms with Gasteiger partial charge < -0.3 is 24.4 Å². The van der Waals surface area contributed by atoms with Gasteiger partial charge in [0.05, 0.1) is 13.2 Å². The summed E-state index contributed by atoms with van der Waals surface area (Å²) in [6.45, 7) is 1.79. The first kappa shape index (κ1) is 24.4. The highest BCUT2D eigenvalue weighted by atomic mass is 16.7. The molecule has 2 N–H and O–H groups in total. The van der Waals surface area contributed by atoms with Gasteiger partial charge in [-0.3, -0.25) is 0 Å². The van der Waals surface area contributed by atoms with Gasteiger partial charge in [0.1, 0.15) is 11.9 Å². The molecule has 1 saturated carbocycles. The molecule has 7 nitrogen and oxygen atoms in total. The first-order chi connectivity index (χ1) is 15.4. The Morgan fingerprint density at radius 3 is 2.72 bits per heavy atom. The number of aliphatic carboxylic acids is 1. The van der Waals surface area contributed by atoms with Crippen LogP contribution >= 0.6 is 0 Å². The standard InChI is InChI=1S/C25H36O7/c1-3-4-5-8-18(26)10-11-19-20-12-16-7-6-9-22(31-15-24(27)28)21(16)13-17(20)14-23(19)32-25(29)30-2/h6-7,9,17-20,23,26H,3-5,8,10-15H2,1-2H3,(H,27,28)/t17?,18?,19?,20?,23-/m1/s1. The monoisotopic (exact) mass is 448 g/mol. The van der Waals surface area contributed by atoms with Gasteiger partial charge in [0, 0.05) is 0 Å². The Morgan fingerprint density at radius 2 is 2.00 bits per heavy atom. The fraction of sp³-hybridized carbons (Fsp3) is 0.680. The average molecular weight is 449 g/mol. The summed E-state index contributed by atoms with van der Waals surface area (Å²) < 4.78 is 15.9. The highest BCUT2D eigenvalue weighted by Gasteiger charge is 2.47. The van der Waals surface area contributed by atoms with Crippen molar-refractivity contribution in [3.63, 3.8) is 0 Å². The Hall–Kier alpha value is -2.28. The summed E-state index contributed by atoms with van der Waals surface area (Å²) in [6.07, 6.45) is 6.72. The maximum Gasteiger partial charge on any atom is 0.508 e. The van der Waals surface area contributed by atoms with E-state index in [0.29, 0.717) is 24.0 Å². The van der Waals surface area contributed by atoms with Crippen molar-refractivity contribution in [2.24, 2.45) is 17.8 Å². The van der Waals surface area contributed by atoms with Crippen LogP contribution in [0, 0.1) is 17.8 Å². The molecule has 2 aliphatic carbocycles. The Morgan fingerprint density at radius 1 is 1.19 bits per heavy atom. The van der Waals surface area contributed by atoms with Crippen molar-refractivity contribution in [2.45, 2.75) is 76.9 Å². The van der Waals surface area contributed by atoms with Gasteiger partial charge in [0.25, 0.3) is 0 Å². The number of benzene rings is 1.